The predicted octanol–water partition coefficient (Wildman–Crippen LogP) is 3.39. The molecule has 1 saturated heterocycles. The normalized spacial score (nSPS) is 25.9. The van der Waals surface area contributed by atoms with E-state index in [1.54, 1.807) is 0 Å². The van der Waals surface area contributed by atoms with E-state index in [0.717, 1.165) is 50.5 Å². The molecule has 1 aromatic rings. The summed E-state index contributed by atoms with van der Waals surface area (Å²) in [6.07, 6.45) is 8.36. The van der Waals surface area contributed by atoms with Crippen molar-refractivity contribution in [3.05, 3.63) is 29.8 Å². The van der Waals surface area contributed by atoms with Gasteiger partial charge < -0.3 is 9.80 Å². The van der Waals surface area contributed by atoms with Crippen LogP contribution in [0.5, 0.6) is 0 Å². The third-order valence-electron chi connectivity index (χ3n) is 6.36. The fourth-order valence-electron chi connectivity index (χ4n) is 4.96. The lowest BCUT2D eigenvalue weighted by Gasteiger charge is -2.41. The smallest absolute Gasteiger partial charge is 0.236 e. The van der Waals surface area contributed by atoms with E-state index in [-0.39, 0.29) is 18.2 Å². The van der Waals surface area contributed by atoms with Crippen molar-refractivity contribution in [2.24, 2.45) is 11.8 Å². The number of carbonyl (C=O) groups excluding carboxylic acids is 2. The van der Waals surface area contributed by atoms with Crippen LogP contribution >= 0.6 is 0 Å². The summed E-state index contributed by atoms with van der Waals surface area (Å²) in [5.41, 5.74) is 2.22. The highest BCUT2D eigenvalue weighted by Gasteiger charge is 2.34. The Balaban J connectivity index is 1.39. The second-order valence-corrected chi connectivity index (χ2v) is 7.89. The lowest BCUT2D eigenvalue weighted by atomic mass is 9.75. The number of aryl methyl sites for hydroxylation is 1. The zero-order valence-electron chi connectivity index (χ0n) is 15.0. The van der Waals surface area contributed by atoms with E-state index in [1.807, 2.05) is 28.0 Å². The monoisotopic (exact) mass is 340 g/mol. The van der Waals surface area contributed by atoms with Crippen LogP contribution in [0.3, 0.4) is 0 Å². The summed E-state index contributed by atoms with van der Waals surface area (Å²) in [7, 11) is 0. The van der Waals surface area contributed by atoms with Crippen molar-refractivity contribution in [1.82, 2.24) is 4.90 Å². The summed E-state index contributed by atoms with van der Waals surface area (Å²) in [5.74, 6) is 1.46. The summed E-state index contributed by atoms with van der Waals surface area (Å²) >= 11 is 0. The first-order valence-electron chi connectivity index (χ1n) is 9.88. The molecule has 2 unspecified atom stereocenters. The van der Waals surface area contributed by atoms with Crippen LogP contribution in [0.1, 0.15) is 50.5 Å². The van der Waals surface area contributed by atoms with Crippen LogP contribution in [0.15, 0.2) is 24.3 Å². The minimum Gasteiger partial charge on any atom is -0.342 e. The van der Waals surface area contributed by atoms with Crippen molar-refractivity contribution >= 4 is 17.5 Å². The largest absolute Gasteiger partial charge is 0.342 e. The number of para-hydroxylation sites is 1. The van der Waals surface area contributed by atoms with Gasteiger partial charge in [0.15, 0.2) is 0 Å². The molecule has 0 N–H and O–H groups in total. The molecule has 2 fully saturated rings. The average Bonchev–Trinajstić information content (AvgIpc) is 2.67. The topological polar surface area (TPSA) is 40.6 Å². The highest BCUT2D eigenvalue weighted by molar-refractivity contribution is 6.05. The standard InChI is InChI=1S/C21H28N2O2/c24-20(22-13-11-16-6-1-2-8-18(16)15-22)14-21(25)23-12-5-9-17-7-3-4-10-19(17)23/h3-4,7,10,16,18H,1-2,5-6,8-9,11-15H2. The molecular formula is C21H28N2O2. The minimum atomic E-state index is -0.0390. The van der Waals surface area contributed by atoms with Gasteiger partial charge >= 0.3 is 0 Å². The summed E-state index contributed by atoms with van der Waals surface area (Å²) in [6, 6.07) is 8.08. The lowest BCUT2D eigenvalue weighted by Crippen LogP contribution is -2.46. The highest BCUT2D eigenvalue weighted by Crippen LogP contribution is 2.36. The fourth-order valence-corrected chi connectivity index (χ4v) is 4.96. The van der Waals surface area contributed by atoms with Crippen LogP contribution in [0, 0.1) is 11.8 Å². The molecule has 2 aliphatic heterocycles. The molecule has 0 bridgehead atoms. The molecule has 134 valence electrons. The molecule has 1 saturated carbocycles. The number of fused-ring (bicyclic) bond motifs is 2. The first kappa shape index (κ1) is 16.6. The van der Waals surface area contributed by atoms with Gasteiger partial charge in [-0.15, -0.1) is 0 Å². The summed E-state index contributed by atoms with van der Waals surface area (Å²) < 4.78 is 0. The Kier molecular flexibility index (Phi) is 4.78. The second-order valence-electron chi connectivity index (χ2n) is 7.89. The molecule has 0 radical (unpaired) electrons. The molecule has 0 spiro atoms. The minimum absolute atomic E-state index is 0.0196. The zero-order chi connectivity index (χ0) is 17.2. The van der Waals surface area contributed by atoms with Crippen LogP contribution in [-0.2, 0) is 16.0 Å². The molecular weight excluding hydrogens is 312 g/mol. The van der Waals surface area contributed by atoms with Gasteiger partial charge in [0.1, 0.15) is 6.42 Å². The van der Waals surface area contributed by atoms with Gasteiger partial charge in [0.25, 0.3) is 0 Å². The van der Waals surface area contributed by atoms with E-state index < -0.39 is 0 Å². The third-order valence-corrected chi connectivity index (χ3v) is 6.36. The predicted molar refractivity (Wildman–Crippen MR) is 98.4 cm³/mol. The van der Waals surface area contributed by atoms with Crippen LogP contribution < -0.4 is 4.90 Å². The Morgan fingerprint density at radius 1 is 0.920 bits per heavy atom. The van der Waals surface area contributed by atoms with E-state index >= 15 is 0 Å². The lowest BCUT2D eigenvalue weighted by molar-refractivity contribution is -0.137. The number of amides is 2. The maximum atomic E-state index is 12.8. The maximum Gasteiger partial charge on any atom is 0.236 e. The molecule has 2 atom stereocenters. The first-order valence-corrected chi connectivity index (χ1v) is 9.88. The van der Waals surface area contributed by atoms with E-state index in [4.69, 9.17) is 0 Å². The Morgan fingerprint density at radius 2 is 1.72 bits per heavy atom. The van der Waals surface area contributed by atoms with Crippen molar-refractivity contribution in [1.29, 1.82) is 0 Å². The quantitative estimate of drug-likeness (QED) is 0.774. The summed E-state index contributed by atoms with van der Waals surface area (Å²) in [4.78, 5) is 29.3. The van der Waals surface area contributed by atoms with E-state index in [1.165, 1.54) is 31.2 Å². The summed E-state index contributed by atoms with van der Waals surface area (Å²) in [5, 5.41) is 0. The molecule has 1 aliphatic carbocycles. The number of benzene rings is 1. The SMILES string of the molecule is O=C(CC(=O)N1CCCc2ccccc21)N1CCC2CCCCC2C1. The Bertz CT molecular complexity index is 657. The van der Waals surface area contributed by atoms with Gasteiger partial charge in [-0.2, -0.15) is 0 Å². The number of hydrogen-bond acceptors (Lipinski definition) is 2. The number of nitrogens with zero attached hydrogens (tertiary/aromatic N) is 2. The molecule has 25 heavy (non-hydrogen) atoms. The average molecular weight is 340 g/mol. The summed E-state index contributed by atoms with van der Waals surface area (Å²) in [6.45, 7) is 2.44. The van der Waals surface area contributed by atoms with E-state index in [9.17, 15) is 9.59 Å². The van der Waals surface area contributed by atoms with Crippen molar-refractivity contribution in [3.63, 3.8) is 0 Å². The molecule has 1 aromatic carbocycles. The van der Waals surface area contributed by atoms with E-state index in [2.05, 4.69) is 6.07 Å². The van der Waals surface area contributed by atoms with Gasteiger partial charge in [-0.3, -0.25) is 9.59 Å². The molecule has 2 heterocycles. The Hall–Kier alpha value is -1.84. The van der Waals surface area contributed by atoms with Crippen LogP contribution in [0.25, 0.3) is 0 Å². The van der Waals surface area contributed by atoms with Crippen LogP contribution in [0.2, 0.25) is 0 Å². The van der Waals surface area contributed by atoms with Crippen LogP contribution in [0.4, 0.5) is 5.69 Å². The maximum absolute atomic E-state index is 12.8. The van der Waals surface area contributed by atoms with Crippen molar-refractivity contribution in [2.75, 3.05) is 24.5 Å². The van der Waals surface area contributed by atoms with Crippen molar-refractivity contribution in [2.45, 2.75) is 51.4 Å². The molecule has 4 nitrogen and oxygen atoms in total. The number of carbonyl (C=O) groups is 2. The third kappa shape index (κ3) is 3.44. The van der Waals surface area contributed by atoms with Crippen molar-refractivity contribution in [3.8, 4) is 0 Å². The van der Waals surface area contributed by atoms with Gasteiger partial charge in [0.2, 0.25) is 11.8 Å². The fraction of sp³-hybridized carbons (Fsp3) is 0.619. The van der Waals surface area contributed by atoms with Crippen LogP contribution in [-0.4, -0.2) is 36.3 Å². The number of anilines is 1. The van der Waals surface area contributed by atoms with Gasteiger partial charge in [-0.1, -0.05) is 37.5 Å². The molecule has 4 rings (SSSR count). The molecule has 2 amide bonds. The zero-order valence-corrected chi connectivity index (χ0v) is 15.0. The van der Waals surface area contributed by atoms with E-state index in [0.29, 0.717) is 5.92 Å². The first-order chi connectivity index (χ1) is 12.2. The Morgan fingerprint density at radius 3 is 2.60 bits per heavy atom. The van der Waals surface area contributed by atoms with Gasteiger partial charge in [0.05, 0.1) is 0 Å². The molecule has 0 aromatic heterocycles. The number of rotatable bonds is 2. The number of likely N-dealkylation sites (tertiary alicyclic amines) is 1. The van der Waals surface area contributed by atoms with Gasteiger partial charge in [-0.05, 0) is 49.1 Å². The van der Waals surface area contributed by atoms with Gasteiger partial charge in [0, 0.05) is 25.3 Å². The number of hydrogen-bond donors (Lipinski definition) is 0. The van der Waals surface area contributed by atoms with Crippen molar-refractivity contribution < 1.29 is 9.59 Å². The highest BCUT2D eigenvalue weighted by atomic mass is 16.2. The molecule has 4 heteroatoms. The molecule has 3 aliphatic rings. The number of piperidine rings is 1. The Labute approximate surface area is 150 Å². The van der Waals surface area contributed by atoms with Gasteiger partial charge in [-0.25, -0.2) is 0 Å². The second kappa shape index (κ2) is 7.19.